The molecule has 0 heterocycles. The van der Waals surface area contributed by atoms with E-state index in [1.54, 1.807) is 24.3 Å². The number of rotatable bonds is 7. The number of aliphatic hydroxyl groups is 1. The lowest BCUT2D eigenvalue weighted by atomic mass is 9.97. The summed E-state index contributed by atoms with van der Waals surface area (Å²) in [5.41, 5.74) is 1.21. The third-order valence-corrected chi connectivity index (χ3v) is 3.61. The standard InChI is InChI=1S/C16H24N2O3/c1-4-12(5-2)15(20)10-17-16(21)18-14-8-6-13(7-9-14)11(3)19/h6-9,12,15,20H,4-5,10H2,1-3H3,(H2,17,18,21). The smallest absolute Gasteiger partial charge is 0.319 e. The van der Waals surface area contributed by atoms with E-state index in [1.165, 1.54) is 6.92 Å². The number of carbonyl (C=O) groups excluding carboxylic acids is 2. The molecule has 0 bridgehead atoms. The third-order valence-electron chi connectivity index (χ3n) is 3.61. The maximum atomic E-state index is 11.7. The van der Waals surface area contributed by atoms with E-state index < -0.39 is 6.10 Å². The van der Waals surface area contributed by atoms with Crippen molar-refractivity contribution in [2.24, 2.45) is 5.92 Å². The van der Waals surface area contributed by atoms with Crippen LogP contribution in [0.4, 0.5) is 10.5 Å². The van der Waals surface area contributed by atoms with Gasteiger partial charge in [-0.3, -0.25) is 4.79 Å². The van der Waals surface area contributed by atoms with Crippen molar-refractivity contribution in [2.45, 2.75) is 39.7 Å². The Bertz CT molecular complexity index is 467. The first-order valence-corrected chi connectivity index (χ1v) is 7.31. The summed E-state index contributed by atoms with van der Waals surface area (Å²) in [7, 11) is 0. The van der Waals surface area contributed by atoms with Crippen molar-refractivity contribution in [3.63, 3.8) is 0 Å². The topological polar surface area (TPSA) is 78.4 Å². The highest BCUT2D eigenvalue weighted by atomic mass is 16.3. The molecule has 116 valence electrons. The van der Waals surface area contributed by atoms with Crippen molar-refractivity contribution in [2.75, 3.05) is 11.9 Å². The first-order valence-electron chi connectivity index (χ1n) is 7.31. The lowest BCUT2D eigenvalue weighted by Crippen LogP contribution is -2.38. The van der Waals surface area contributed by atoms with Crippen molar-refractivity contribution in [3.05, 3.63) is 29.8 Å². The van der Waals surface area contributed by atoms with Gasteiger partial charge in [0.1, 0.15) is 0 Å². The van der Waals surface area contributed by atoms with Crippen LogP contribution in [0.5, 0.6) is 0 Å². The number of amides is 2. The van der Waals surface area contributed by atoms with Crippen molar-refractivity contribution in [3.8, 4) is 0 Å². The van der Waals surface area contributed by atoms with Crippen LogP contribution in [0.1, 0.15) is 44.0 Å². The van der Waals surface area contributed by atoms with E-state index >= 15 is 0 Å². The lowest BCUT2D eigenvalue weighted by Gasteiger charge is -2.20. The molecule has 0 saturated heterocycles. The summed E-state index contributed by atoms with van der Waals surface area (Å²) in [4.78, 5) is 22.9. The molecule has 0 radical (unpaired) electrons. The van der Waals surface area contributed by atoms with E-state index in [-0.39, 0.29) is 24.3 Å². The van der Waals surface area contributed by atoms with E-state index in [0.29, 0.717) is 11.3 Å². The summed E-state index contributed by atoms with van der Waals surface area (Å²) < 4.78 is 0. The number of benzene rings is 1. The largest absolute Gasteiger partial charge is 0.391 e. The highest BCUT2D eigenvalue weighted by Crippen LogP contribution is 2.13. The van der Waals surface area contributed by atoms with Crippen LogP contribution in [-0.2, 0) is 0 Å². The molecule has 0 spiro atoms. The number of anilines is 1. The Labute approximate surface area is 125 Å². The predicted molar refractivity (Wildman–Crippen MR) is 83.5 cm³/mol. The molecule has 1 unspecified atom stereocenters. The zero-order chi connectivity index (χ0) is 15.8. The molecular weight excluding hydrogens is 268 g/mol. The monoisotopic (exact) mass is 292 g/mol. The van der Waals surface area contributed by atoms with Gasteiger partial charge in [-0.1, -0.05) is 26.7 Å². The van der Waals surface area contributed by atoms with E-state index in [4.69, 9.17) is 0 Å². The Kier molecular flexibility index (Phi) is 6.88. The summed E-state index contributed by atoms with van der Waals surface area (Å²) >= 11 is 0. The molecule has 0 aromatic heterocycles. The van der Waals surface area contributed by atoms with Gasteiger partial charge in [-0.25, -0.2) is 4.79 Å². The Morgan fingerprint density at radius 1 is 1.14 bits per heavy atom. The third kappa shape index (κ3) is 5.55. The van der Waals surface area contributed by atoms with Crippen LogP contribution in [0.3, 0.4) is 0 Å². The minimum Gasteiger partial charge on any atom is -0.391 e. The number of ketones is 1. The molecule has 3 N–H and O–H groups in total. The van der Waals surface area contributed by atoms with Crippen LogP contribution in [0.25, 0.3) is 0 Å². The Morgan fingerprint density at radius 3 is 2.19 bits per heavy atom. The maximum absolute atomic E-state index is 11.7. The van der Waals surface area contributed by atoms with Crippen molar-refractivity contribution < 1.29 is 14.7 Å². The molecule has 1 aromatic rings. The molecule has 5 heteroatoms. The quantitative estimate of drug-likeness (QED) is 0.676. The Balaban J connectivity index is 2.45. The molecule has 0 aliphatic carbocycles. The number of aliphatic hydroxyl groups excluding tert-OH is 1. The van der Waals surface area contributed by atoms with Gasteiger partial charge < -0.3 is 15.7 Å². The van der Waals surface area contributed by atoms with E-state index in [9.17, 15) is 14.7 Å². The van der Waals surface area contributed by atoms with Crippen LogP contribution in [0, 0.1) is 5.92 Å². The van der Waals surface area contributed by atoms with Gasteiger partial charge in [0.25, 0.3) is 0 Å². The van der Waals surface area contributed by atoms with E-state index in [1.807, 2.05) is 13.8 Å². The number of hydrogen-bond acceptors (Lipinski definition) is 3. The number of Topliss-reactive ketones (excluding diaryl/α,β-unsaturated/α-hetero) is 1. The molecule has 1 rings (SSSR count). The molecule has 0 aliphatic rings. The van der Waals surface area contributed by atoms with Gasteiger partial charge in [0.2, 0.25) is 0 Å². The van der Waals surface area contributed by atoms with Gasteiger partial charge in [-0.05, 0) is 37.1 Å². The number of carbonyl (C=O) groups is 2. The van der Waals surface area contributed by atoms with Gasteiger partial charge in [-0.2, -0.15) is 0 Å². The molecule has 21 heavy (non-hydrogen) atoms. The number of hydrogen-bond donors (Lipinski definition) is 3. The minimum absolute atomic E-state index is 0.0145. The molecule has 5 nitrogen and oxygen atoms in total. The zero-order valence-electron chi connectivity index (χ0n) is 12.8. The molecule has 1 aromatic carbocycles. The zero-order valence-corrected chi connectivity index (χ0v) is 12.8. The second kappa shape index (κ2) is 8.42. The van der Waals surface area contributed by atoms with Crippen molar-refractivity contribution >= 4 is 17.5 Å². The predicted octanol–water partition coefficient (Wildman–Crippen LogP) is 2.81. The highest BCUT2D eigenvalue weighted by molar-refractivity contribution is 5.95. The second-order valence-electron chi connectivity index (χ2n) is 5.11. The summed E-state index contributed by atoms with van der Waals surface area (Å²) in [5, 5.41) is 15.3. The SMILES string of the molecule is CCC(CC)C(O)CNC(=O)Nc1ccc(C(C)=O)cc1. The van der Waals surface area contributed by atoms with Crippen LogP contribution in [-0.4, -0.2) is 29.6 Å². The minimum atomic E-state index is -0.536. The average Bonchev–Trinajstić information content (AvgIpc) is 2.47. The summed E-state index contributed by atoms with van der Waals surface area (Å²) in [6.07, 6.45) is 1.23. The average molecular weight is 292 g/mol. The van der Waals surface area contributed by atoms with Gasteiger partial charge in [0.05, 0.1) is 6.10 Å². The fourth-order valence-electron chi connectivity index (χ4n) is 2.16. The fourth-order valence-corrected chi connectivity index (χ4v) is 2.16. The molecular formula is C16H24N2O3. The van der Waals surface area contributed by atoms with Crippen LogP contribution in [0.2, 0.25) is 0 Å². The van der Waals surface area contributed by atoms with Crippen molar-refractivity contribution in [1.29, 1.82) is 0 Å². The van der Waals surface area contributed by atoms with Gasteiger partial charge >= 0.3 is 6.03 Å². The number of urea groups is 1. The molecule has 1 atom stereocenters. The van der Waals surface area contributed by atoms with E-state index in [0.717, 1.165) is 12.8 Å². The van der Waals surface area contributed by atoms with Crippen LogP contribution < -0.4 is 10.6 Å². The maximum Gasteiger partial charge on any atom is 0.319 e. The molecule has 2 amide bonds. The van der Waals surface area contributed by atoms with Gasteiger partial charge in [0, 0.05) is 17.8 Å². The fraction of sp³-hybridized carbons (Fsp3) is 0.500. The summed E-state index contributed by atoms with van der Waals surface area (Å²) in [6, 6.07) is 6.31. The van der Waals surface area contributed by atoms with Gasteiger partial charge in [0.15, 0.2) is 5.78 Å². The first kappa shape index (κ1) is 17.2. The molecule has 0 saturated carbocycles. The first-order chi connectivity index (χ1) is 9.97. The second-order valence-corrected chi connectivity index (χ2v) is 5.11. The summed E-state index contributed by atoms with van der Waals surface area (Å²) in [5.74, 6) is 0.180. The lowest BCUT2D eigenvalue weighted by molar-refractivity contribution is 0.101. The normalized spacial score (nSPS) is 12.0. The van der Waals surface area contributed by atoms with Gasteiger partial charge in [-0.15, -0.1) is 0 Å². The Hall–Kier alpha value is -1.88. The van der Waals surface area contributed by atoms with Crippen LogP contribution >= 0.6 is 0 Å². The Morgan fingerprint density at radius 2 is 1.71 bits per heavy atom. The highest BCUT2D eigenvalue weighted by Gasteiger charge is 2.16. The molecule has 0 aliphatic heterocycles. The summed E-state index contributed by atoms with van der Waals surface area (Å²) in [6.45, 7) is 5.76. The van der Waals surface area contributed by atoms with Crippen molar-refractivity contribution in [1.82, 2.24) is 5.32 Å². The molecule has 0 fully saturated rings. The van der Waals surface area contributed by atoms with E-state index in [2.05, 4.69) is 10.6 Å². The number of nitrogens with one attached hydrogen (secondary N) is 2. The van der Waals surface area contributed by atoms with Crippen LogP contribution in [0.15, 0.2) is 24.3 Å².